The summed E-state index contributed by atoms with van der Waals surface area (Å²) in [6, 6.07) is 4.05. The molecule has 3 N–H and O–H groups in total. The average molecular weight is 475 g/mol. The number of nitrogens with one attached hydrogen (secondary N) is 3. The molecule has 0 unspecified atom stereocenters. The van der Waals surface area contributed by atoms with Crippen LogP contribution in [-0.2, 0) is 23.9 Å². The predicted molar refractivity (Wildman–Crippen MR) is 122 cm³/mol. The van der Waals surface area contributed by atoms with Gasteiger partial charge in [0.2, 0.25) is 5.91 Å². The molecule has 1 aliphatic heterocycles. The summed E-state index contributed by atoms with van der Waals surface area (Å²) in [7, 11) is 1.42. The predicted octanol–water partition coefficient (Wildman–Crippen LogP) is 2.03. The van der Waals surface area contributed by atoms with Gasteiger partial charge in [0.25, 0.3) is 11.8 Å². The van der Waals surface area contributed by atoms with E-state index in [2.05, 4.69) is 22.9 Å². The van der Waals surface area contributed by atoms with Gasteiger partial charge in [-0.3, -0.25) is 24.1 Å². The molecule has 11 heteroatoms. The lowest BCUT2D eigenvalue weighted by molar-refractivity contribution is -0.150. The Bertz CT molecular complexity index is 986. The number of benzene rings is 1. The molecular weight excluding hydrogens is 444 g/mol. The smallest absolute Gasteiger partial charge is 0.326 e. The molecule has 1 saturated heterocycles. The summed E-state index contributed by atoms with van der Waals surface area (Å²) in [5.41, 5.74) is -0.231. The van der Waals surface area contributed by atoms with Crippen LogP contribution in [0.15, 0.2) is 18.2 Å². The molecule has 3 rings (SSSR count). The number of rotatable bonds is 8. The molecular formula is C23H30N4O7. The van der Waals surface area contributed by atoms with Gasteiger partial charge in [0.15, 0.2) is 6.61 Å². The molecule has 1 saturated carbocycles. The second-order valence-electron chi connectivity index (χ2n) is 8.56. The lowest BCUT2D eigenvalue weighted by Gasteiger charge is -2.34. The van der Waals surface area contributed by atoms with Crippen LogP contribution in [0.25, 0.3) is 0 Å². The van der Waals surface area contributed by atoms with Crippen LogP contribution < -0.4 is 20.7 Å². The number of carbonyl (C=O) groups excluding carboxylic acids is 5. The number of methoxy groups -OCH3 is 1. The number of amides is 5. The minimum Gasteiger partial charge on any atom is -0.495 e. The van der Waals surface area contributed by atoms with Crippen molar-refractivity contribution in [3.8, 4) is 5.75 Å². The maximum Gasteiger partial charge on any atom is 0.326 e. The maximum atomic E-state index is 12.9. The summed E-state index contributed by atoms with van der Waals surface area (Å²) in [4.78, 5) is 61.9. The van der Waals surface area contributed by atoms with Crippen LogP contribution >= 0.6 is 0 Å². The van der Waals surface area contributed by atoms with Gasteiger partial charge in [-0.05, 0) is 49.8 Å². The van der Waals surface area contributed by atoms with E-state index in [1.54, 1.807) is 12.1 Å². The van der Waals surface area contributed by atoms with Gasteiger partial charge in [0.1, 0.15) is 17.8 Å². The van der Waals surface area contributed by atoms with E-state index in [0.29, 0.717) is 30.2 Å². The van der Waals surface area contributed by atoms with Crippen LogP contribution in [0.1, 0.15) is 46.0 Å². The molecule has 2 aliphatic rings. The van der Waals surface area contributed by atoms with E-state index >= 15 is 0 Å². The van der Waals surface area contributed by atoms with Gasteiger partial charge >= 0.3 is 12.0 Å². The molecule has 184 valence electrons. The number of anilines is 2. The van der Waals surface area contributed by atoms with E-state index in [0.717, 1.165) is 24.2 Å². The summed E-state index contributed by atoms with van der Waals surface area (Å²) >= 11 is 0. The number of hydrogen-bond acceptors (Lipinski definition) is 7. The highest BCUT2D eigenvalue weighted by atomic mass is 16.5. The quantitative estimate of drug-likeness (QED) is 0.386. The van der Waals surface area contributed by atoms with Crippen molar-refractivity contribution in [2.45, 2.75) is 51.5 Å². The van der Waals surface area contributed by atoms with Crippen molar-refractivity contribution in [2.24, 2.45) is 5.92 Å². The number of imide groups is 1. The van der Waals surface area contributed by atoms with Crippen LogP contribution in [0, 0.1) is 5.92 Å². The number of urea groups is 1. The molecule has 0 radical (unpaired) electrons. The Kier molecular flexibility index (Phi) is 7.75. The second-order valence-corrected chi connectivity index (χ2v) is 8.56. The fraction of sp³-hybridized carbons (Fsp3) is 0.522. The highest BCUT2D eigenvalue weighted by Gasteiger charge is 2.52. The lowest BCUT2D eigenvalue weighted by atomic mass is 9.75. The van der Waals surface area contributed by atoms with Gasteiger partial charge < -0.3 is 25.4 Å². The van der Waals surface area contributed by atoms with Crippen molar-refractivity contribution in [2.75, 3.05) is 30.9 Å². The molecule has 1 aromatic rings. The van der Waals surface area contributed by atoms with E-state index in [1.807, 2.05) is 0 Å². The van der Waals surface area contributed by atoms with Crippen LogP contribution in [0.5, 0.6) is 5.75 Å². The van der Waals surface area contributed by atoms with Crippen molar-refractivity contribution < 1.29 is 33.4 Å². The summed E-state index contributed by atoms with van der Waals surface area (Å²) in [5.74, 6) is -1.36. The molecule has 34 heavy (non-hydrogen) atoms. The standard InChI is InChI=1S/C23H30N4O7/c1-4-15-7-9-23(10-8-15)21(31)27(22(32)26-23)12-20(30)34-13-19(29)25-17-11-16(24-14(2)28)5-6-18(17)33-3/h5-6,11,15H,4,7-10,12-13H2,1-3H3,(H,24,28)(H,25,29)(H,26,32). The molecule has 5 amide bonds. The number of ether oxygens (including phenoxy) is 2. The first-order chi connectivity index (χ1) is 16.2. The van der Waals surface area contributed by atoms with Crippen molar-refractivity contribution in [1.82, 2.24) is 10.2 Å². The van der Waals surface area contributed by atoms with Gasteiger partial charge in [0.05, 0.1) is 12.8 Å². The average Bonchev–Trinajstić information content (AvgIpc) is 3.02. The lowest BCUT2D eigenvalue weighted by Crippen LogP contribution is -2.49. The third-order valence-corrected chi connectivity index (χ3v) is 6.23. The van der Waals surface area contributed by atoms with E-state index in [4.69, 9.17) is 9.47 Å². The molecule has 1 aromatic carbocycles. The monoisotopic (exact) mass is 474 g/mol. The van der Waals surface area contributed by atoms with Gasteiger partial charge in [-0.1, -0.05) is 13.3 Å². The summed E-state index contributed by atoms with van der Waals surface area (Å²) in [6.07, 6.45) is 3.80. The van der Waals surface area contributed by atoms with E-state index in [9.17, 15) is 24.0 Å². The van der Waals surface area contributed by atoms with Crippen LogP contribution in [0.4, 0.5) is 16.2 Å². The number of nitrogens with zero attached hydrogens (tertiary/aromatic N) is 1. The van der Waals surface area contributed by atoms with Crippen LogP contribution in [0.2, 0.25) is 0 Å². The number of carbonyl (C=O) groups is 5. The summed E-state index contributed by atoms with van der Waals surface area (Å²) < 4.78 is 10.2. The molecule has 1 aliphatic carbocycles. The Morgan fingerprint density at radius 3 is 2.50 bits per heavy atom. The van der Waals surface area contributed by atoms with Gasteiger partial charge in [-0.25, -0.2) is 4.79 Å². The SMILES string of the molecule is CCC1CCC2(CC1)NC(=O)N(CC(=O)OCC(=O)Nc1cc(NC(C)=O)ccc1OC)C2=O. The fourth-order valence-corrected chi connectivity index (χ4v) is 4.33. The minimum atomic E-state index is -0.949. The summed E-state index contributed by atoms with van der Waals surface area (Å²) in [5, 5.41) is 7.89. The highest BCUT2D eigenvalue weighted by molar-refractivity contribution is 6.08. The molecule has 2 fully saturated rings. The molecule has 1 spiro atoms. The van der Waals surface area contributed by atoms with Crippen molar-refractivity contribution >= 4 is 41.1 Å². The Labute approximate surface area is 197 Å². The maximum absolute atomic E-state index is 12.9. The zero-order valence-corrected chi connectivity index (χ0v) is 19.6. The zero-order chi connectivity index (χ0) is 24.9. The largest absolute Gasteiger partial charge is 0.495 e. The third-order valence-electron chi connectivity index (χ3n) is 6.23. The molecule has 1 heterocycles. The Morgan fingerprint density at radius 1 is 1.18 bits per heavy atom. The zero-order valence-electron chi connectivity index (χ0n) is 19.6. The Morgan fingerprint density at radius 2 is 1.88 bits per heavy atom. The fourth-order valence-electron chi connectivity index (χ4n) is 4.33. The summed E-state index contributed by atoms with van der Waals surface area (Å²) in [6.45, 7) is 2.26. The topological polar surface area (TPSA) is 143 Å². The number of esters is 1. The van der Waals surface area contributed by atoms with Gasteiger partial charge in [-0.15, -0.1) is 0 Å². The first-order valence-electron chi connectivity index (χ1n) is 11.2. The van der Waals surface area contributed by atoms with Crippen LogP contribution in [-0.4, -0.2) is 60.4 Å². The first-order valence-corrected chi connectivity index (χ1v) is 11.2. The van der Waals surface area contributed by atoms with Crippen molar-refractivity contribution in [1.29, 1.82) is 0 Å². The van der Waals surface area contributed by atoms with Crippen molar-refractivity contribution in [3.63, 3.8) is 0 Å². The van der Waals surface area contributed by atoms with E-state index in [-0.39, 0.29) is 11.6 Å². The van der Waals surface area contributed by atoms with Gasteiger partial charge in [-0.2, -0.15) is 0 Å². The van der Waals surface area contributed by atoms with E-state index in [1.165, 1.54) is 20.1 Å². The van der Waals surface area contributed by atoms with E-state index < -0.39 is 42.5 Å². The second kappa shape index (κ2) is 10.5. The normalized spacial score (nSPS) is 21.7. The Hall–Kier alpha value is -3.63. The van der Waals surface area contributed by atoms with Crippen molar-refractivity contribution in [3.05, 3.63) is 18.2 Å². The van der Waals surface area contributed by atoms with Crippen LogP contribution in [0.3, 0.4) is 0 Å². The number of hydrogen-bond donors (Lipinski definition) is 3. The first kappa shape index (κ1) is 25.0. The Balaban J connectivity index is 1.53. The molecule has 11 nitrogen and oxygen atoms in total. The third kappa shape index (κ3) is 5.64. The molecule has 0 bridgehead atoms. The molecule has 0 aromatic heterocycles. The highest BCUT2D eigenvalue weighted by Crippen LogP contribution is 2.37. The molecule has 0 atom stereocenters. The minimum absolute atomic E-state index is 0.272. The van der Waals surface area contributed by atoms with Gasteiger partial charge in [0, 0.05) is 12.6 Å².